The molecule has 0 spiro atoms. The SMILES string of the molecule is O=C(c1cccc(F)n1)N1CCCC1c1cccc(Cl)c1. The van der Waals surface area contributed by atoms with Gasteiger partial charge in [0.15, 0.2) is 0 Å². The van der Waals surface area contributed by atoms with Crippen molar-refractivity contribution >= 4 is 17.5 Å². The fraction of sp³-hybridized carbons (Fsp3) is 0.250. The fourth-order valence-electron chi connectivity index (χ4n) is 2.74. The molecule has 1 atom stereocenters. The molecule has 2 heterocycles. The first-order chi connectivity index (χ1) is 10.1. The lowest BCUT2D eigenvalue weighted by atomic mass is 10.0. The van der Waals surface area contributed by atoms with E-state index in [1.807, 2.05) is 18.2 Å². The summed E-state index contributed by atoms with van der Waals surface area (Å²) < 4.78 is 13.2. The molecule has 108 valence electrons. The molecule has 1 aromatic carbocycles. The van der Waals surface area contributed by atoms with Gasteiger partial charge in [-0.1, -0.05) is 29.8 Å². The van der Waals surface area contributed by atoms with Crippen LogP contribution in [0.1, 0.15) is 34.9 Å². The molecule has 0 N–H and O–H groups in total. The Hall–Kier alpha value is -1.94. The zero-order chi connectivity index (χ0) is 14.8. The molecule has 3 nitrogen and oxygen atoms in total. The van der Waals surface area contributed by atoms with E-state index in [0.29, 0.717) is 11.6 Å². The summed E-state index contributed by atoms with van der Waals surface area (Å²) in [6.07, 6.45) is 1.79. The van der Waals surface area contributed by atoms with Gasteiger partial charge in [-0.25, -0.2) is 4.98 Å². The van der Waals surface area contributed by atoms with Crippen LogP contribution >= 0.6 is 11.6 Å². The lowest BCUT2D eigenvalue weighted by molar-refractivity contribution is 0.0728. The summed E-state index contributed by atoms with van der Waals surface area (Å²) in [5, 5.41) is 0.649. The Morgan fingerprint density at radius 3 is 2.86 bits per heavy atom. The second-order valence-corrected chi connectivity index (χ2v) is 5.49. The van der Waals surface area contributed by atoms with Gasteiger partial charge in [0.05, 0.1) is 6.04 Å². The predicted octanol–water partition coefficient (Wildman–Crippen LogP) is 3.85. The Balaban J connectivity index is 1.89. The van der Waals surface area contributed by atoms with Gasteiger partial charge in [-0.05, 0) is 42.7 Å². The molecule has 1 amide bonds. The van der Waals surface area contributed by atoms with Gasteiger partial charge in [-0.15, -0.1) is 0 Å². The van der Waals surface area contributed by atoms with Crippen LogP contribution in [0.25, 0.3) is 0 Å². The number of likely N-dealkylation sites (tertiary alicyclic amines) is 1. The highest BCUT2D eigenvalue weighted by molar-refractivity contribution is 6.30. The standard InChI is InChI=1S/C16H14ClFN2O/c17-12-5-1-4-11(10-12)14-7-3-9-20(14)16(21)13-6-2-8-15(18)19-13/h1-2,4-6,8,10,14H,3,7,9H2. The third-order valence-electron chi connectivity index (χ3n) is 3.68. The summed E-state index contributed by atoms with van der Waals surface area (Å²) in [5.74, 6) is -0.878. The number of carbonyl (C=O) groups excluding carboxylic acids is 1. The van der Waals surface area contributed by atoms with E-state index in [0.717, 1.165) is 18.4 Å². The molecule has 1 saturated heterocycles. The number of nitrogens with zero attached hydrogens (tertiary/aromatic N) is 2. The van der Waals surface area contributed by atoms with E-state index in [9.17, 15) is 9.18 Å². The van der Waals surface area contributed by atoms with Crippen LogP contribution in [-0.4, -0.2) is 22.3 Å². The molecule has 0 bridgehead atoms. The number of benzene rings is 1. The van der Waals surface area contributed by atoms with Gasteiger partial charge in [-0.3, -0.25) is 4.79 Å². The highest BCUT2D eigenvalue weighted by Gasteiger charge is 2.31. The van der Waals surface area contributed by atoms with Crippen LogP contribution in [0.3, 0.4) is 0 Å². The lowest BCUT2D eigenvalue weighted by Crippen LogP contribution is -2.31. The van der Waals surface area contributed by atoms with Crippen LogP contribution in [0, 0.1) is 5.95 Å². The average molecular weight is 305 g/mol. The van der Waals surface area contributed by atoms with Crippen LogP contribution in [0.15, 0.2) is 42.5 Å². The Morgan fingerprint density at radius 2 is 2.10 bits per heavy atom. The molecular weight excluding hydrogens is 291 g/mol. The van der Waals surface area contributed by atoms with Crippen molar-refractivity contribution in [2.75, 3.05) is 6.54 Å². The highest BCUT2D eigenvalue weighted by Crippen LogP contribution is 2.33. The van der Waals surface area contributed by atoms with E-state index < -0.39 is 5.95 Å². The van der Waals surface area contributed by atoms with Crippen LogP contribution in [0.4, 0.5) is 4.39 Å². The smallest absolute Gasteiger partial charge is 0.273 e. The molecule has 1 fully saturated rings. The second-order valence-electron chi connectivity index (χ2n) is 5.06. The van der Waals surface area contributed by atoms with Crippen molar-refractivity contribution in [2.45, 2.75) is 18.9 Å². The summed E-state index contributed by atoms with van der Waals surface area (Å²) in [6.45, 7) is 0.647. The molecular formula is C16H14ClFN2O. The van der Waals surface area contributed by atoms with Gasteiger partial charge in [0.1, 0.15) is 5.69 Å². The number of carbonyl (C=O) groups is 1. The molecule has 0 saturated carbocycles. The number of hydrogen-bond donors (Lipinski definition) is 0. The van der Waals surface area contributed by atoms with Gasteiger partial charge in [0.25, 0.3) is 5.91 Å². The first-order valence-corrected chi connectivity index (χ1v) is 7.22. The molecule has 2 aromatic rings. The van der Waals surface area contributed by atoms with Crippen LogP contribution in [-0.2, 0) is 0 Å². The Bertz CT molecular complexity index is 677. The number of aromatic nitrogens is 1. The number of halogens is 2. The first kappa shape index (κ1) is 14.0. The fourth-order valence-corrected chi connectivity index (χ4v) is 2.94. The Labute approximate surface area is 127 Å². The van der Waals surface area contributed by atoms with Gasteiger partial charge in [0, 0.05) is 11.6 Å². The minimum absolute atomic E-state index is 0.0266. The van der Waals surface area contributed by atoms with E-state index in [4.69, 9.17) is 11.6 Å². The van der Waals surface area contributed by atoms with Crippen molar-refractivity contribution in [1.82, 2.24) is 9.88 Å². The van der Waals surface area contributed by atoms with Crippen molar-refractivity contribution in [3.05, 3.63) is 64.7 Å². The zero-order valence-corrected chi connectivity index (χ0v) is 12.1. The van der Waals surface area contributed by atoms with Gasteiger partial charge in [0.2, 0.25) is 5.95 Å². The normalized spacial score (nSPS) is 18.0. The van der Waals surface area contributed by atoms with Crippen molar-refractivity contribution in [3.63, 3.8) is 0 Å². The number of hydrogen-bond acceptors (Lipinski definition) is 2. The Kier molecular flexibility index (Phi) is 3.88. The monoisotopic (exact) mass is 304 g/mol. The third kappa shape index (κ3) is 2.90. The van der Waals surface area contributed by atoms with Crippen molar-refractivity contribution in [3.8, 4) is 0 Å². The molecule has 1 aliphatic rings. The average Bonchev–Trinajstić information content (AvgIpc) is 2.96. The summed E-state index contributed by atoms with van der Waals surface area (Å²) >= 11 is 6.02. The maximum atomic E-state index is 13.2. The van der Waals surface area contributed by atoms with E-state index in [2.05, 4.69) is 4.98 Å². The number of amides is 1. The quantitative estimate of drug-likeness (QED) is 0.790. The molecule has 0 radical (unpaired) electrons. The summed E-state index contributed by atoms with van der Waals surface area (Å²) in [7, 11) is 0. The predicted molar refractivity (Wildman–Crippen MR) is 78.7 cm³/mol. The highest BCUT2D eigenvalue weighted by atomic mass is 35.5. The second kappa shape index (κ2) is 5.82. The summed E-state index contributed by atoms with van der Waals surface area (Å²) in [4.78, 5) is 18.0. The maximum Gasteiger partial charge on any atom is 0.273 e. The third-order valence-corrected chi connectivity index (χ3v) is 3.92. The minimum atomic E-state index is -0.639. The largest absolute Gasteiger partial charge is 0.330 e. The topological polar surface area (TPSA) is 33.2 Å². The van der Waals surface area contributed by atoms with Gasteiger partial charge in [-0.2, -0.15) is 4.39 Å². The summed E-state index contributed by atoms with van der Waals surface area (Å²) in [6, 6.07) is 11.8. The molecule has 1 aromatic heterocycles. The van der Waals surface area contributed by atoms with E-state index in [-0.39, 0.29) is 17.6 Å². The van der Waals surface area contributed by atoms with E-state index >= 15 is 0 Å². The molecule has 1 aliphatic heterocycles. The summed E-state index contributed by atoms with van der Waals surface area (Å²) in [5.41, 5.74) is 1.15. The minimum Gasteiger partial charge on any atom is -0.330 e. The van der Waals surface area contributed by atoms with E-state index in [1.165, 1.54) is 12.1 Å². The van der Waals surface area contributed by atoms with Crippen LogP contribution in [0.5, 0.6) is 0 Å². The van der Waals surface area contributed by atoms with Crippen molar-refractivity contribution < 1.29 is 9.18 Å². The molecule has 21 heavy (non-hydrogen) atoms. The van der Waals surface area contributed by atoms with Crippen LogP contribution < -0.4 is 0 Å². The molecule has 1 unspecified atom stereocenters. The Morgan fingerprint density at radius 1 is 1.29 bits per heavy atom. The number of rotatable bonds is 2. The van der Waals surface area contributed by atoms with Crippen molar-refractivity contribution in [1.29, 1.82) is 0 Å². The van der Waals surface area contributed by atoms with Gasteiger partial charge >= 0.3 is 0 Å². The molecule has 5 heteroatoms. The van der Waals surface area contributed by atoms with Crippen LogP contribution in [0.2, 0.25) is 5.02 Å². The maximum absolute atomic E-state index is 13.2. The molecule has 0 aliphatic carbocycles. The number of pyridine rings is 1. The van der Waals surface area contributed by atoms with E-state index in [1.54, 1.807) is 17.0 Å². The zero-order valence-electron chi connectivity index (χ0n) is 11.3. The molecule has 3 rings (SSSR count). The lowest BCUT2D eigenvalue weighted by Gasteiger charge is -2.25. The first-order valence-electron chi connectivity index (χ1n) is 6.84. The van der Waals surface area contributed by atoms with Crippen molar-refractivity contribution in [2.24, 2.45) is 0 Å². The van der Waals surface area contributed by atoms with Gasteiger partial charge < -0.3 is 4.90 Å².